The van der Waals surface area contributed by atoms with E-state index in [0.717, 1.165) is 11.5 Å². The van der Waals surface area contributed by atoms with Crippen molar-refractivity contribution in [3.05, 3.63) is 42.2 Å². The molecule has 19 heavy (non-hydrogen) atoms. The van der Waals surface area contributed by atoms with Crippen LogP contribution < -0.4 is 10.1 Å². The molecule has 0 atom stereocenters. The molecule has 102 valence electrons. The molecule has 0 aromatic carbocycles. The molecule has 2 rings (SSSR count). The molecule has 0 radical (unpaired) electrons. The van der Waals surface area contributed by atoms with Crippen LogP contribution in [-0.4, -0.2) is 15.5 Å². The maximum Gasteiger partial charge on any atom is 0.232 e. The Morgan fingerprint density at radius 3 is 2.68 bits per heavy atom. The summed E-state index contributed by atoms with van der Waals surface area (Å²) < 4.78 is 10.6. The first kappa shape index (κ1) is 13.5. The summed E-state index contributed by atoms with van der Waals surface area (Å²) in [6.45, 7) is 7.39. The van der Waals surface area contributed by atoms with E-state index < -0.39 is 0 Å². The van der Waals surface area contributed by atoms with E-state index in [1.807, 2.05) is 12.1 Å². The number of ether oxygens (including phenoxy) is 1. The van der Waals surface area contributed by atoms with Gasteiger partial charge in [-0.15, -0.1) is 0 Å². The second kappa shape index (κ2) is 5.84. The van der Waals surface area contributed by atoms with Crippen LogP contribution in [0.5, 0.6) is 5.88 Å². The fourth-order valence-corrected chi connectivity index (χ4v) is 1.40. The molecule has 5 nitrogen and oxygen atoms in total. The van der Waals surface area contributed by atoms with Gasteiger partial charge in [-0.05, 0) is 32.9 Å². The van der Waals surface area contributed by atoms with Crippen molar-refractivity contribution >= 4 is 0 Å². The van der Waals surface area contributed by atoms with Crippen molar-refractivity contribution in [2.24, 2.45) is 0 Å². The number of hydrogen-bond acceptors (Lipinski definition) is 5. The highest BCUT2D eigenvalue weighted by Crippen LogP contribution is 2.09. The summed E-state index contributed by atoms with van der Waals surface area (Å²) in [6.07, 6.45) is 4.96. The Hall–Kier alpha value is -1.88. The Morgan fingerprint density at radius 1 is 1.26 bits per heavy atom. The molecule has 0 saturated heterocycles. The Balaban J connectivity index is 1.84. The number of furan rings is 1. The molecule has 5 heteroatoms. The number of hydrogen-bond donors (Lipinski definition) is 1. The minimum Gasteiger partial charge on any atom is -0.468 e. The van der Waals surface area contributed by atoms with Gasteiger partial charge in [0.25, 0.3) is 0 Å². The van der Waals surface area contributed by atoms with Gasteiger partial charge >= 0.3 is 0 Å². The number of rotatable bonds is 5. The lowest BCUT2D eigenvalue weighted by Crippen LogP contribution is -2.35. The van der Waals surface area contributed by atoms with Gasteiger partial charge in [0.05, 0.1) is 24.4 Å². The lowest BCUT2D eigenvalue weighted by Gasteiger charge is -2.19. The third kappa shape index (κ3) is 4.71. The molecule has 0 aliphatic carbocycles. The zero-order chi connectivity index (χ0) is 13.7. The highest BCUT2D eigenvalue weighted by molar-refractivity contribution is 5.08. The van der Waals surface area contributed by atoms with Crippen LogP contribution in [0.4, 0.5) is 0 Å². The van der Waals surface area contributed by atoms with Crippen LogP contribution in [-0.2, 0) is 13.2 Å². The summed E-state index contributed by atoms with van der Waals surface area (Å²) in [5, 5.41) is 3.35. The minimum absolute atomic E-state index is 0.0656. The van der Waals surface area contributed by atoms with Gasteiger partial charge in [-0.3, -0.25) is 4.98 Å². The number of nitrogens with zero attached hydrogens (tertiary/aromatic N) is 2. The molecular weight excluding hydrogens is 242 g/mol. The molecule has 2 heterocycles. The smallest absolute Gasteiger partial charge is 0.232 e. The molecule has 0 fully saturated rings. The van der Waals surface area contributed by atoms with Crippen LogP contribution in [0.1, 0.15) is 32.2 Å². The summed E-state index contributed by atoms with van der Waals surface area (Å²) in [6, 6.07) is 3.68. The zero-order valence-electron chi connectivity index (χ0n) is 11.5. The van der Waals surface area contributed by atoms with Crippen molar-refractivity contribution in [1.82, 2.24) is 15.3 Å². The quantitative estimate of drug-likeness (QED) is 0.896. The van der Waals surface area contributed by atoms with E-state index in [9.17, 15) is 0 Å². The number of nitrogens with one attached hydrogen (secondary N) is 1. The first-order valence-electron chi connectivity index (χ1n) is 6.24. The van der Waals surface area contributed by atoms with E-state index >= 15 is 0 Å². The van der Waals surface area contributed by atoms with Gasteiger partial charge in [0.2, 0.25) is 5.88 Å². The van der Waals surface area contributed by atoms with Crippen LogP contribution in [0, 0.1) is 0 Å². The van der Waals surface area contributed by atoms with Crippen molar-refractivity contribution in [2.75, 3.05) is 0 Å². The topological polar surface area (TPSA) is 60.2 Å². The van der Waals surface area contributed by atoms with Gasteiger partial charge in [-0.2, -0.15) is 0 Å². The first-order chi connectivity index (χ1) is 9.03. The van der Waals surface area contributed by atoms with Crippen molar-refractivity contribution in [3.8, 4) is 5.88 Å². The van der Waals surface area contributed by atoms with Gasteiger partial charge in [-0.25, -0.2) is 4.98 Å². The van der Waals surface area contributed by atoms with Crippen LogP contribution >= 0.6 is 0 Å². The van der Waals surface area contributed by atoms with Gasteiger partial charge in [0.1, 0.15) is 12.4 Å². The van der Waals surface area contributed by atoms with Gasteiger partial charge in [0.15, 0.2) is 0 Å². The molecule has 0 unspecified atom stereocenters. The third-order valence-electron chi connectivity index (χ3n) is 2.42. The molecule has 0 amide bonds. The van der Waals surface area contributed by atoms with Gasteiger partial charge < -0.3 is 14.5 Å². The van der Waals surface area contributed by atoms with Crippen LogP contribution in [0.15, 0.2) is 35.2 Å². The van der Waals surface area contributed by atoms with Crippen LogP contribution in [0.25, 0.3) is 0 Å². The third-order valence-corrected chi connectivity index (χ3v) is 2.42. The van der Waals surface area contributed by atoms with Crippen molar-refractivity contribution in [3.63, 3.8) is 0 Å². The predicted octanol–water partition coefficient (Wildman–Crippen LogP) is 2.54. The minimum atomic E-state index is 0.0656. The highest BCUT2D eigenvalue weighted by Gasteiger charge is 2.09. The van der Waals surface area contributed by atoms with E-state index in [1.54, 1.807) is 18.7 Å². The molecular formula is C14H19N3O2. The summed E-state index contributed by atoms with van der Waals surface area (Å²) in [5.41, 5.74) is 0.955. The maximum absolute atomic E-state index is 5.46. The molecule has 0 aliphatic rings. The Morgan fingerprint density at radius 2 is 2.11 bits per heavy atom. The average molecular weight is 261 g/mol. The van der Waals surface area contributed by atoms with Gasteiger partial charge in [0, 0.05) is 12.1 Å². The van der Waals surface area contributed by atoms with E-state index in [2.05, 4.69) is 36.1 Å². The van der Waals surface area contributed by atoms with Crippen molar-refractivity contribution < 1.29 is 9.15 Å². The van der Waals surface area contributed by atoms with E-state index in [-0.39, 0.29) is 5.54 Å². The molecule has 2 aromatic heterocycles. The lowest BCUT2D eigenvalue weighted by atomic mass is 10.1. The second-order valence-electron chi connectivity index (χ2n) is 5.32. The fourth-order valence-electron chi connectivity index (χ4n) is 1.40. The fraction of sp³-hybridized carbons (Fsp3) is 0.429. The van der Waals surface area contributed by atoms with Crippen LogP contribution in [0.2, 0.25) is 0 Å². The SMILES string of the molecule is CC(C)(C)NCc1cnc(OCc2ccco2)cn1. The average Bonchev–Trinajstić information content (AvgIpc) is 2.87. The molecule has 1 N–H and O–H groups in total. The van der Waals surface area contributed by atoms with E-state index in [1.165, 1.54) is 0 Å². The van der Waals surface area contributed by atoms with Crippen molar-refractivity contribution in [1.29, 1.82) is 0 Å². The van der Waals surface area contributed by atoms with Crippen molar-refractivity contribution in [2.45, 2.75) is 39.5 Å². The summed E-state index contributed by atoms with van der Waals surface area (Å²) in [5.74, 6) is 1.26. The Kier molecular flexibility index (Phi) is 4.16. The summed E-state index contributed by atoms with van der Waals surface area (Å²) in [7, 11) is 0. The largest absolute Gasteiger partial charge is 0.468 e. The van der Waals surface area contributed by atoms with E-state index in [0.29, 0.717) is 19.0 Å². The predicted molar refractivity (Wildman–Crippen MR) is 71.7 cm³/mol. The zero-order valence-corrected chi connectivity index (χ0v) is 11.5. The molecule has 0 bridgehead atoms. The second-order valence-corrected chi connectivity index (χ2v) is 5.32. The molecule has 0 saturated carbocycles. The molecule has 0 spiro atoms. The standard InChI is InChI=1S/C14H19N3O2/c1-14(2,3)17-8-11-7-16-13(9-15-11)19-10-12-5-4-6-18-12/h4-7,9,17H,8,10H2,1-3H3. The molecule has 0 aliphatic heterocycles. The lowest BCUT2D eigenvalue weighted by molar-refractivity contribution is 0.259. The first-order valence-corrected chi connectivity index (χ1v) is 6.24. The monoisotopic (exact) mass is 261 g/mol. The number of aromatic nitrogens is 2. The normalized spacial score (nSPS) is 11.5. The Bertz CT molecular complexity index is 486. The summed E-state index contributed by atoms with van der Waals surface area (Å²) in [4.78, 5) is 8.51. The maximum atomic E-state index is 5.46. The highest BCUT2D eigenvalue weighted by atomic mass is 16.5. The van der Waals surface area contributed by atoms with Crippen LogP contribution in [0.3, 0.4) is 0 Å². The Labute approximate surface area is 113 Å². The van der Waals surface area contributed by atoms with E-state index in [4.69, 9.17) is 9.15 Å². The van der Waals surface area contributed by atoms with Gasteiger partial charge in [-0.1, -0.05) is 0 Å². The molecule has 2 aromatic rings. The summed E-state index contributed by atoms with van der Waals surface area (Å²) >= 11 is 0.